The average Bonchev–Trinajstić information content (AvgIpc) is 3.11. The molecule has 116 valence electrons. The molecular weight excluding hydrogens is 278 g/mol. The minimum absolute atomic E-state index is 0.445. The van der Waals surface area contributed by atoms with E-state index in [-0.39, 0.29) is 0 Å². The van der Waals surface area contributed by atoms with Crippen molar-refractivity contribution in [3.05, 3.63) is 48.1 Å². The molecule has 0 radical (unpaired) electrons. The first-order valence-electron chi connectivity index (χ1n) is 7.64. The summed E-state index contributed by atoms with van der Waals surface area (Å²) >= 11 is 0. The van der Waals surface area contributed by atoms with Gasteiger partial charge in [0, 0.05) is 12.5 Å². The van der Waals surface area contributed by atoms with Crippen molar-refractivity contribution in [3.8, 4) is 5.75 Å². The lowest BCUT2D eigenvalue weighted by Gasteiger charge is -2.29. The van der Waals surface area contributed by atoms with Crippen LogP contribution < -0.4 is 4.74 Å². The maximum atomic E-state index is 5.16. The molecule has 1 saturated heterocycles. The third-order valence-corrected chi connectivity index (χ3v) is 4.12. The number of likely N-dealkylation sites (tertiary alicyclic amines) is 1. The van der Waals surface area contributed by atoms with Crippen molar-refractivity contribution >= 4 is 6.08 Å². The minimum Gasteiger partial charge on any atom is -0.497 e. The lowest BCUT2D eigenvalue weighted by molar-refractivity contribution is 0.227. The molecule has 0 amide bonds. The molecule has 0 N–H and O–H groups in total. The molecule has 1 fully saturated rings. The second-order valence-electron chi connectivity index (χ2n) is 5.54. The van der Waals surface area contributed by atoms with Crippen LogP contribution >= 0.6 is 0 Å². The van der Waals surface area contributed by atoms with E-state index in [1.54, 1.807) is 7.11 Å². The van der Waals surface area contributed by atoms with Crippen LogP contribution in [0.15, 0.2) is 41.3 Å². The molecule has 0 unspecified atom stereocenters. The monoisotopic (exact) mass is 299 g/mol. The first-order valence-corrected chi connectivity index (χ1v) is 7.64. The zero-order valence-electron chi connectivity index (χ0n) is 12.8. The van der Waals surface area contributed by atoms with Crippen LogP contribution in [0.4, 0.5) is 0 Å². The third-order valence-electron chi connectivity index (χ3n) is 4.12. The van der Waals surface area contributed by atoms with E-state index in [2.05, 4.69) is 39.3 Å². The number of benzene rings is 1. The maximum Gasteiger partial charge on any atom is 0.213 e. The summed E-state index contributed by atoms with van der Waals surface area (Å²) in [4.78, 5) is 6.62. The maximum absolute atomic E-state index is 5.16. The highest BCUT2D eigenvalue weighted by molar-refractivity contribution is 5.50. The molecule has 1 aliphatic heterocycles. The molecule has 1 aromatic carbocycles. The predicted molar refractivity (Wildman–Crippen MR) is 84.7 cm³/mol. The molecule has 0 aliphatic carbocycles. The summed E-state index contributed by atoms with van der Waals surface area (Å²) in [6.45, 7) is 3.13. The van der Waals surface area contributed by atoms with Crippen LogP contribution in [-0.4, -0.2) is 41.8 Å². The van der Waals surface area contributed by atoms with Gasteiger partial charge in [0.1, 0.15) is 5.75 Å². The van der Waals surface area contributed by atoms with Crippen molar-refractivity contribution in [2.75, 3.05) is 26.7 Å². The number of nitrogens with zero attached hydrogens (tertiary/aromatic N) is 3. The van der Waals surface area contributed by atoms with E-state index in [0.29, 0.717) is 5.92 Å². The number of piperidine rings is 1. The molecule has 0 saturated carbocycles. The van der Waals surface area contributed by atoms with Crippen LogP contribution in [0.5, 0.6) is 5.75 Å². The summed E-state index contributed by atoms with van der Waals surface area (Å²) < 4.78 is 9.99. The van der Waals surface area contributed by atoms with Gasteiger partial charge in [-0.1, -0.05) is 29.4 Å². The average molecular weight is 299 g/mol. The normalized spacial score (nSPS) is 17.1. The molecule has 0 spiro atoms. The van der Waals surface area contributed by atoms with E-state index in [0.717, 1.165) is 44.0 Å². The van der Waals surface area contributed by atoms with Gasteiger partial charge in [0.2, 0.25) is 6.39 Å². The molecule has 22 heavy (non-hydrogen) atoms. The van der Waals surface area contributed by atoms with Gasteiger partial charge < -0.3 is 9.26 Å². The SMILES string of the molecule is COc1ccc(C=CCN2CCC(c3ncon3)CC2)cc1. The highest BCUT2D eigenvalue weighted by Gasteiger charge is 2.22. The van der Waals surface area contributed by atoms with Crippen LogP contribution in [0.3, 0.4) is 0 Å². The second kappa shape index (κ2) is 7.22. The summed E-state index contributed by atoms with van der Waals surface area (Å²) in [5.74, 6) is 2.19. The van der Waals surface area contributed by atoms with Crippen LogP contribution in [0, 0.1) is 0 Å². The zero-order chi connectivity index (χ0) is 15.2. The van der Waals surface area contributed by atoms with Crippen LogP contribution in [0.1, 0.15) is 30.1 Å². The van der Waals surface area contributed by atoms with Gasteiger partial charge in [-0.2, -0.15) is 4.98 Å². The van der Waals surface area contributed by atoms with Crippen molar-refractivity contribution in [1.82, 2.24) is 15.0 Å². The number of methoxy groups -OCH3 is 1. The molecule has 5 nitrogen and oxygen atoms in total. The predicted octanol–water partition coefficient (Wildman–Crippen LogP) is 2.97. The molecule has 0 atom stereocenters. The van der Waals surface area contributed by atoms with Crippen molar-refractivity contribution in [1.29, 1.82) is 0 Å². The van der Waals surface area contributed by atoms with E-state index in [9.17, 15) is 0 Å². The highest BCUT2D eigenvalue weighted by atomic mass is 16.5. The van der Waals surface area contributed by atoms with Crippen molar-refractivity contribution in [2.45, 2.75) is 18.8 Å². The smallest absolute Gasteiger partial charge is 0.213 e. The summed E-state index contributed by atoms with van der Waals surface area (Å²) in [6.07, 6.45) is 7.98. The molecular formula is C17H21N3O2. The summed E-state index contributed by atoms with van der Waals surface area (Å²) in [7, 11) is 1.68. The van der Waals surface area contributed by atoms with E-state index < -0.39 is 0 Å². The third kappa shape index (κ3) is 3.74. The van der Waals surface area contributed by atoms with Crippen molar-refractivity contribution < 1.29 is 9.26 Å². The van der Waals surface area contributed by atoms with Gasteiger partial charge in [-0.05, 0) is 43.6 Å². The summed E-state index contributed by atoms with van der Waals surface area (Å²) in [5.41, 5.74) is 1.20. The molecule has 5 heteroatoms. The Balaban J connectivity index is 1.45. The molecule has 2 aromatic rings. The number of hydrogen-bond acceptors (Lipinski definition) is 5. The van der Waals surface area contributed by atoms with E-state index in [1.807, 2.05) is 12.1 Å². The highest BCUT2D eigenvalue weighted by Crippen LogP contribution is 2.25. The molecule has 2 heterocycles. The summed E-state index contributed by atoms with van der Waals surface area (Å²) in [6, 6.07) is 8.10. The first kappa shape index (κ1) is 14.8. The fourth-order valence-corrected chi connectivity index (χ4v) is 2.79. The van der Waals surface area contributed by atoms with Gasteiger partial charge >= 0.3 is 0 Å². The Morgan fingerprint density at radius 1 is 1.27 bits per heavy atom. The largest absolute Gasteiger partial charge is 0.497 e. The number of aromatic nitrogens is 2. The van der Waals surface area contributed by atoms with Crippen LogP contribution in [0.25, 0.3) is 6.08 Å². The van der Waals surface area contributed by atoms with Gasteiger partial charge in [0.05, 0.1) is 7.11 Å². The number of hydrogen-bond donors (Lipinski definition) is 0. The van der Waals surface area contributed by atoms with Crippen LogP contribution in [-0.2, 0) is 0 Å². The Kier molecular flexibility index (Phi) is 4.85. The minimum atomic E-state index is 0.445. The lowest BCUT2D eigenvalue weighted by Crippen LogP contribution is -2.33. The first-order chi connectivity index (χ1) is 10.8. The Hall–Kier alpha value is -2.14. The fourth-order valence-electron chi connectivity index (χ4n) is 2.79. The number of ether oxygens (including phenoxy) is 1. The summed E-state index contributed by atoms with van der Waals surface area (Å²) in [5, 5.41) is 3.95. The molecule has 1 aliphatic rings. The standard InChI is InChI=1S/C17H21N3O2/c1-21-16-6-4-14(5-7-16)3-2-10-20-11-8-15(9-12-20)17-18-13-22-19-17/h2-7,13,15H,8-12H2,1H3. The molecule has 1 aromatic heterocycles. The van der Waals surface area contributed by atoms with Gasteiger partial charge in [0.15, 0.2) is 5.82 Å². The molecule has 3 rings (SSSR count). The van der Waals surface area contributed by atoms with E-state index in [4.69, 9.17) is 9.26 Å². The van der Waals surface area contributed by atoms with E-state index in [1.165, 1.54) is 12.0 Å². The Labute approximate surface area is 130 Å². The quantitative estimate of drug-likeness (QED) is 0.849. The lowest BCUT2D eigenvalue weighted by atomic mass is 9.96. The second-order valence-corrected chi connectivity index (χ2v) is 5.54. The van der Waals surface area contributed by atoms with Crippen molar-refractivity contribution in [3.63, 3.8) is 0 Å². The van der Waals surface area contributed by atoms with Gasteiger partial charge in [-0.25, -0.2) is 0 Å². The number of rotatable bonds is 5. The van der Waals surface area contributed by atoms with Gasteiger partial charge in [0.25, 0.3) is 0 Å². The topological polar surface area (TPSA) is 51.4 Å². The molecule has 0 bridgehead atoms. The van der Waals surface area contributed by atoms with Gasteiger partial charge in [-0.3, -0.25) is 4.90 Å². The Morgan fingerprint density at radius 2 is 2.05 bits per heavy atom. The zero-order valence-corrected chi connectivity index (χ0v) is 12.8. The van der Waals surface area contributed by atoms with Crippen molar-refractivity contribution in [2.24, 2.45) is 0 Å². The van der Waals surface area contributed by atoms with Crippen LogP contribution in [0.2, 0.25) is 0 Å². The van der Waals surface area contributed by atoms with Gasteiger partial charge in [-0.15, -0.1) is 0 Å². The van der Waals surface area contributed by atoms with E-state index >= 15 is 0 Å². The Bertz CT molecular complexity index is 585. The fraction of sp³-hybridized carbons (Fsp3) is 0.412. The Morgan fingerprint density at radius 3 is 2.68 bits per heavy atom.